The molecule has 1 aliphatic rings. The van der Waals surface area contributed by atoms with Gasteiger partial charge in [0.15, 0.2) is 80.9 Å². The molecule has 0 radical (unpaired) electrons. The molecule has 0 saturated carbocycles. The molecule has 1 aliphatic heterocycles. The molecule has 0 aromatic heterocycles. The quantitative estimate of drug-likeness (QED) is 0.0512. The van der Waals surface area contributed by atoms with E-state index in [2.05, 4.69) is 4.74 Å². The van der Waals surface area contributed by atoms with Crippen molar-refractivity contribution in [2.45, 2.75) is 25.2 Å². The van der Waals surface area contributed by atoms with Crippen LogP contribution in [0.25, 0.3) is 11.1 Å². The van der Waals surface area contributed by atoms with Gasteiger partial charge in [-0.05, 0) is 37.3 Å². The fourth-order valence-electron chi connectivity index (χ4n) is 6.37. The predicted molar refractivity (Wildman–Crippen MR) is 215 cm³/mol. The van der Waals surface area contributed by atoms with Crippen molar-refractivity contribution < 1.29 is 129 Å². The largest absolute Gasteiger partial charge is 0.504 e. The van der Waals surface area contributed by atoms with Gasteiger partial charge in [0.25, 0.3) is 0 Å². The van der Waals surface area contributed by atoms with Crippen LogP contribution in [0, 0.1) is 0 Å². The Hall–Kier alpha value is -10.0. The summed E-state index contributed by atoms with van der Waals surface area (Å²) in [7, 11) is 0.852. The first-order chi connectivity index (χ1) is 31.9. The number of phenols is 14. The molecule has 0 fully saturated rings. The number of hydrogen-bond donors (Lipinski definition) is 15. The van der Waals surface area contributed by atoms with Crippen molar-refractivity contribution in [3.63, 3.8) is 0 Å². The number of ether oxygens (including phenoxy) is 6. The van der Waals surface area contributed by atoms with Crippen LogP contribution in [0.2, 0.25) is 0 Å². The summed E-state index contributed by atoms with van der Waals surface area (Å²) in [5, 5.41) is 155. The highest BCUT2D eigenvalue weighted by Crippen LogP contribution is 2.55. The van der Waals surface area contributed by atoms with Crippen molar-refractivity contribution in [1.29, 1.82) is 0 Å². The highest BCUT2D eigenvalue weighted by Gasteiger charge is 2.44. The van der Waals surface area contributed by atoms with Crippen LogP contribution in [0.4, 0.5) is 0 Å². The average Bonchev–Trinajstić information content (AvgIpc) is 3.29. The van der Waals surface area contributed by atoms with E-state index < -0.39 is 185 Å². The van der Waals surface area contributed by atoms with Gasteiger partial charge >= 0.3 is 29.8 Å². The minimum Gasteiger partial charge on any atom is -0.504 e. The number of phenolic OH excluding ortho intramolecular Hbond substituents is 14. The number of aromatic hydroxyl groups is 14. The van der Waals surface area contributed by atoms with Gasteiger partial charge in [-0.3, -0.25) is 0 Å². The number of carboxylic acids is 1. The maximum Gasteiger partial charge on any atom is 0.344 e. The molecule has 15 N–H and O–H groups in total. The summed E-state index contributed by atoms with van der Waals surface area (Å²) < 4.78 is 31.7. The number of carbonyl (C=O) groups excluding carboxylic acids is 4. The third-order valence-electron chi connectivity index (χ3n) is 9.76. The molecule has 6 rings (SSSR count). The van der Waals surface area contributed by atoms with Crippen LogP contribution in [0.3, 0.4) is 0 Å². The molecule has 0 spiro atoms. The zero-order chi connectivity index (χ0) is 50.4. The second kappa shape index (κ2) is 17.9. The first-order valence-corrected chi connectivity index (χ1v) is 18.5. The van der Waals surface area contributed by atoms with Crippen LogP contribution in [0.15, 0.2) is 54.5 Å². The number of hydrogen-bond acceptors (Lipinski definition) is 25. The molecule has 5 aromatic carbocycles. The molecule has 0 aliphatic carbocycles. The van der Waals surface area contributed by atoms with E-state index in [0.29, 0.717) is 48.7 Å². The number of carbonyl (C=O) groups is 5. The van der Waals surface area contributed by atoms with E-state index in [0.717, 1.165) is 7.11 Å². The Morgan fingerprint density at radius 2 is 0.956 bits per heavy atom. The van der Waals surface area contributed by atoms with E-state index >= 15 is 0 Å². The summed E-state index contributed by atoms with van der Waals surface area (Å²) in [6, 6.07) is 3.77. The molecule has 26 nitrogen and oxygen atoms in total. The fraction of sp³-hybridized carbons (Fsp3) is 0.119. The summed E-state index contributed by atoms with van der Waals surface area (Å²) in [6.45, 7) is 1.21. The van der Waals surface area contributed by atoms with Gasteiger partial charge in [-0.15, -0.1) is 0 Å². The number of methoxy groups -OCH3 is 1. The van der Waals surface area contributed by atoms with E-state index in [9.17, 15) is 101 Å². The van der Waals surface area contributed by atoms with Gasteiger partial charge in [0, 0.05) is 23.3 Å². The van der Waals surface area contributed by atoms with Gasteiger partial charge in [-0.1, -0.05) is 0 Å². The Morgan fingerprint density at radius 3 is 1.47 bits per heavy atom. The lowest BCUT2D eigenvalue weighted by atomic mass is 9.92. The first-order valence-electron chi connectivity index (χ1n) is 18.5. The summed E-state index contributed by atoms with van der Waals surface area (Å²) >= 11 is 0. The van der Waals surface area contributed by atoms with Gasteiger partial charge in [-0.25, -0.2) is 24.0 Å². The van der Waals surface area contributed by atoms with Crippen LogP contribution in [-0.4, -0.2) is 132 Å². The van der Waals surface area contributed by atoms with Gasteiger partial charge in [-0.2, -0.15) is 0 Å². The van der Waals surface area contributed by atoms with Crippen molar-refractivity contribution in [2.24, 2.45) is 0 Å². The molecule has 68 heavy (non-hydrogen) atoms. The zero-order valence-electron chi connectivity index (χ0n) is 34.0. The standard InChI is InChI=1S/C42H32O26/c1-11-35(67-39(59)12-3-17(43)27(49)18(44)4-12)37(68-40(60)13-5-19(45)28(50)20(46)6-13)24(10-64-11)66-42(62)15-7-21(47)29(51)32(54)26(15)25-14(38(57)58)9-23(31(53)33(25)55)65-36-16(41(61)63-2)8-22(48)30(52)34(36)56/h3-11,35,37,43-56H,1-2H3,(H,57,58)/t11?,35?,37-/m1/s1. The van der Waals surface area contributed by atoms with Crippen molar-refractivity contribution in [2.75, 3.05) is 7.11 Å². The third kappa shape index (κ3) is 8.52. The summed E-state index contributed by atoms with van der Waals surface area (Å²) in [4.78, 5) is 66.4. The number of esters is 4. The van der Waals surface area contributed by atoms with Crippen molar-refractivity contribution in [3.05, 3.63) is 82.3 Å². The number of aromatic carboxylic acids is 1. The van der Waals surface area contributed by atoms with E-state index in [-0.39, 0.29) is 0 Å². The highest BCUT2D eigenvalue weighted by molar-refractivity contribution is 6.08. The van der Waals surface area contributed by atoms with Gasteiger partial charge in [0.2, 0.25) is 29.1 Å². The monoisotopic (exact) mass is 952 g/mol. The van der Waals surface area contributed by atoms with E-state index in [1.54, 1.807) is 0 Å². The van der Waals surface area contributed by atoms with E-state index in [1.165, 1.54) is 6.92 Å². The summed E-state index contributed by atoms with van der Waals surface area (Å²) in [5.74, 6) is -28.8. The minimum atomic E-state index is -2.19. The maximum atomic E-state index is 14.2. The normalized spacial score (nSPS) is 15.3. The highest BCUT2D eigenvalue weighted by atomic mass is 16.6. The lowest BCUT2D eigenvalue weighted by Crippen LogP contribution is -2.47. The van der Waals surface area contributed by atoms with Crippen LogP contribution in [0.1, 0.15) is 58.7 Å². The molecule has 0 amide bonds. The molecule has 3 atom stereocenters. The molecule has 26 heteroatoms. The second-order valence-electron chi connectivity index (χ2n) is 14.1. The Kier molecular flexibility index (Phi) is 12.5. The molecule has 2 unspecified atom stereocenters. The Balaban J connectivity index is 1.47. The molecule has 5 aromatic rings. The molecule has 356 valence electrons. The molecule has 1 heterocycles. The number of rotatable bonds is 11. The van der Waals surface area contributed by atoms with Crippen molar-refractivity contribution in [1.82, 2.24) is 0 Å². The van der Waals surface area contributed by atoms with Crippen LogP contribution < -0.4 is 4.74 Å². The minimum absolute atomic E-state index is 0.344. The van der Waals surface area contributed by atoms with Crippen molar-refractivity contribution in [3.8, 4) is 103 Å². The third-order valence-corrected chi connectivity index (χ3v) is 9.76. The Bertz CT molecular complexity index is 2960. The van der Waals surface area contributed by atoms with E-state index in [1.807, 2.05) is 0 Å². The van der Waals surface area contributed by atoms with Gasteiger partial charge < -0.3 is 105 Å². The zero-order valence-corrected chi connectivity index (χ0v) is 34.0. The molecule has 0 bridgehead atoms. The van der Waals surface area contributed by atoms with Crippen molar-refractivity contribution >= 4 is 29.8 Å². The SMILES string of the molecule is COC(=O)c1cc(O)c(O)c(O)c1Oc1cc(C(=O)O)c(-c2c(C(=O)OC3=COC(C)C(OC(=O)c4cc(O)c(O)c(O)c4)[C@@H]3OC(=O)c3cc(O)c(O)c(O)c3)cc(O)c(O)c2O)c(O)c1O. The second-order valence-corrected chi connectivity index (χ2v) is 14.1. The smallest absolute Gasteiger partial charge is 0.344 e. The summed E-state index contributed by atoms with van der Waals surface area (Å²) in [6.07, 6.45) is -4.92. The molecular formula is C42H32O26. The van der Waals surface area contributed by atoms with Crippen LogP contribution in [-0.2, 0) is 23.7 Å². The Morgan fingerprint density at radius 1 is 0.500 bits per heavy atom. The Labute approximate surface area is 376 Å². The lowest BCUT2D eigenvalue weighted by molar-refractivity contribution is -0.0972. The molecule has 0 saturated heterocycles. The van der Waals surface area contributed by atoms with Crippen LogP contribution >= 0.6 is 0 Å². The maximum absolute atomic E-state index is 14.2. The fourth-order valence-corrected chi connectivity index (χ4v) is 6.37. The topological polar surface area (TPSA) is 444 Å². The summed E-state index contributed by atoms with van der Waals surface area (Å²) in [5.41, 5.74) is -7.09. The first kappa shape index (κ1) is 47.5. The molecular weight excluding hydrogens is 920 g/mol. The number of carboxylic acid groups (broad SMARTS) is 1. The predicted octanol–water partition coefficient (Wildman–Crippen LogP) is 3.38. The van der Waals surface area contributed by atoms with Crippen LogP contribution in [0.5, 0.6) is 92.0 Å². The average molecular weight is 953 g/mol. The lowest BCUT2D eigenvalue weighted by Gasteiger charge is -2.34. The van der Waals surface area contributed by atoms with Gasteiger partial charge in [0.05, 0.1) is 29.4 Å². The van der Waals surface area contributed by atoms with Gasteiger partial charge in [0.1, 0.15) is 17.9 Å². The number of benzene rings is 5. The van der Waals surface area contributed by atoms with E-state index in [4.69, 9.17) is 23.7 Å².